The van der Waals surface area contributed by atoms with E-state index in [1.165, 1.54) is 63.2 Å². The van der Waals surface area contributed by atoms with Gasteiger partial charge in [-0.2, -0.15) is 0 Å². The van der Waals surface area contributed by atoms with Crippen LogP contribution in [0.1, 0.15) is 76.0 Å². The first kappa shape index (κ1) is 43.5. The molecule has 1 aliphatic rings. The molecule has 318 valence electrons. The van der Waals surface area contributed by atoms with Crippen molar-refractivity contribution in [3.63, 3.8) is 0 Å². The van der Waals surface area contributed by atoms with Gasteiger partial charge in [-0.15, -0.1) is 0 Å². The van der Waals surface area contributed by atoms with Crippen LogP contribution in [0.3, 0.4) is 0 Å². The van der Waals surface area contributed by atoms with Gasteiger partial charge in [0.2, 0.25) is 0 Å². The second kappa shape index (κ2) is 20.4. The van der Waals surface area contributed by atoms with Crippen molar-refractivity contribution in [2.75, 3.05) is 9.80 Å². The van der Waals surface area contributed by atoms with Gasteiger partial charge >= 0.3 is 0 Å². The van der Waals surface area contributed by atoms with Crippen molar-refractivity contribution in [3.05, 3.63) is 253 Å². The SMILES string of the molecule is C=C(/C=C\C=C/C)c1ccc(N(c2ccc(-c3ccccc3)cc2)c2ccc(-c3ccc(N(/C(C)=C/C=C(\C)c4ccccc4)C4(C)CCC(c5ccccc5)CC4)cc3)cc2)cc1. The van der Waals surface area contributed by atoms with Gasteiger partial charge in [0.1, 0.15) is 0 Å². The highest BCUT2D eigenvalue weighted by atomic mass is 15.2. The molecule has 7 aromatic carbocycles. The summed E-state index contributed by atoms with van der Waals surface area (Å²) in [6.07, 6.45) is 17.3. The van der Waals surface area contributed by atoms with Crippen LogP contribution in [0.2, 0.25) is 0 Å². The second-order valence-electron chi connectivity index (χ2n) is 17.3. The van der Waals surface area contributed by atoms with Crippen LogP contribution in [-0.4, -0.2) is 5.54 Å². The summed E-state index contributed by atoms with van der Waals surface area (Å²) in [5.41, 5.74) is 16.6. The summed E-state index contributed by atoms with van der Waals surface area (Å²) in [6, 6.07) is 68.2. The number of rotatable bonds is 14. The number of hydrogen-bond acceptors (Lipinski definition) is 2. The molecule has 0 amide bonds. The summed E-state index contributed by atoms with van der Waals surface area (Å²) in [6.45, 7) is 13.3. The maximum absolute atomic E-state index is 4.31. The summed E-state index contributed by atoms with van der Waals surface area (Å²) in [5, 5.41) is 0. The van der Waals surface area contributed by atoms with E-state index in [2.05, 4.69) is 243 Å². The number of allylic oxidation sites excluding steroid dienone is 9. The van der Waals surface area contributed by atoms with E-state index in [0.29, 0.717) is 5.92 Å². The first-order valence-corrected chi connectivity index (χ1v) is 22.8. The van der Waals surface area contributed by atoms with Crippen molar-refractivity contribution >= 4 is 33.9 Å². The van der Waals surface area contributed by atoms with E-state index in [0.717, 1.165) is 41.0 Å². The summed E-state index contributed by atoms with van der Waals surface area (Å²) in [7, 11) is 0. The normalized spacial score (nSPS) is 16.8. The van der Waals surface area contributed by atoms with Crippen molar-refractivity contribution in [2.45, 2.75) is 64.8 Å². The van der Waals surface area contributed by atoms with Gasteiger partial charge in [-0.1, -0.05) is 176 Å². The number of benzene rings is 7. The molecule has 0 radical (unpaired) electrons. The lowest BCUT2D eigenvalue weighted by molar-refractivity contribution is 0.286. The summed E-state index contributed by atoms with van der Waals surface area (Å²) in [5.74, 6) is 0.602. The molecule has 0 unspecified atom stereocenters. The van der Waals surface area contributed by atoms with Gasteiger partial charge < -0.3 is 9.80 Å². The van der Waals surface area contributed by atoms with Crippen LogP contribution in [0, 0.1) is 0 Å². The third-order valence-electron chi connectivity index (χ3n) is 12.9. The molecule has 0 aliphatic heterocycles. The molecule has 2 nitrogen and oxygen atoms in total. The number of anilines is 4. The molecule has 0 saturated heterocycles. The van der Waals surface area contributed by atoms with Crippen LogP contribution in [0.25, 0.3) is 33.4 Å². The van der Waals surface area contributed by atoms with Gasteiger partial charge in [-0.3, -0.25) is 0 Å². The zero-order chi connectivity index (χ0) is 44.3. The second-order valence-corrected chi connectivity index (χ2v) is 17.3. The Kier molecular flexibility index (Phi) is 13.8. The molecule has 1 aliphatic carbocycles. The van der Waals surface area contributed by atoms with Crippen LogP contribution < -0.4 is 9.80 Å². The molecule has 0 N–H and O–H groups in total. The largest absolute Gasteiger partial charge is 0.340 e. The summed E-state index contributed by atoms with van der Waals surface area (Å²) < 4.78 is 0. The fourth-order valence-corrected chi connectivity index (χ4v) is 9.27. The molecule has 0 bridgehead atoms. The molecule has 1 saturated carbocycles. The van der Waals surface area contributed by atoms with Gasteiger partial charge in [-0.05, 0) is 164 Å². The molecular weight excluding hydrogens is 773 g/mol. The Morgan fingerprint density at radius 3 is 1.48 bits per heavy atom. The molecule has 2 heteroatoms. The van der Waals surface area contributed by atoms with Gasteiger partial charge in [0.05, 0.1) is 0 Å². The zero-order valence-electron chi connectivity index (χ0n) is 37.9. The van der Waals surface area contributed by atoms with E-state index in [1.807, 2.05) is 25.2 Å². The maximum atomic E-state index is 4.31. The van der Waals surface area contributed by atoms with Crippen molar-refractivity contribution in [2.24, 2.45) is 0 Å². The van der Waals surface area contributed by atoms with Gasteiger partial charge in [0.15, 0.2) is 0 Å². The third kappa shape index (κ3) is 10.2. The van der Waals surface area contributed by atoms with Gasteiger partial charge in [-0.25, -0.2) is 0 Å². The highest BCUT2D eigenvalue weighted by molar-refractivity contribution is 5.82. The van der Waals surface area contributed by atoms with E-state index in [-0.39, 0.29) is 5.54 Å². The molecule has 0 aromatic heterocycles. The predicted octanol–water partition coefficient (Wildman–Crippen LogP) is 17.6. The Hall–Kier alpha value is -7.16. The standard InChI is InChI=1S/C62H60N2/c1-6-7-11-18-47(2)51-27-35-58(36-28-51)63(59-37-29-54(30-38-59)52-21-14-9-15-22-52)60-39-31-55(32-40-60)56-33-41-61(42-34-56)64(49(4)26-25-48(3)50-19-12-8-13-20-50)62(5)45-43-57(44-46-62)53-23-16-10-17-24-53/h6-42,57H,2,43-46H2,1,3-5H3/b7-6-,18-11-,48-25+,49-26+. The third-order valence-corrected chi connectivity index (χ3v) is 12.9. The Balaban J connectivity index is 1.08. The summed E-state index contributed by atoms with van der Waals surface area (Å²) in [4.78, 5) is 4.95. The van der Waals surface area contributed by atoms with Crippen LogP contribution in [0.15, 0.2) is 237 Å². The van der Waals surface area contributed by atoms with Gasteiger partial charge in [0, 0.05) is 34.0 Å². The monoisotopic (exact) mass is 832 g/mol. The molecule has 0 heterocycles. The summed E-state index contributed by atoms with van der Waals surface area (Å²) >= 11 is 0. The molecular formula is C62H60N2. The fourth-order valence-electron chi connectivity index (χ4n) is 9.27. The Bertz CT molecular complexity index is 2710. The molecule has 7 aromatic rings. The van der Waals surface area contributed by atoms with Gasteiger partial charge in [0.25, 0.3) is 0 Å². The minimum absolute atomic E-state index is 0.0131. The van der Waals surface area contributed by atoms with E-state index in [1.54, 1.807) is 0 Å². The topological polar surface area (TPSA) is 6.48 Å². The highest BCUT2D eigenvalue weighted by Gasteiger charge is 2.37. The predicted molar refractivity (Wildman–Crippen MR) is 277 cm³/mol. The van der Waals surface area contributed by atoms with Crippen molar-refractivity contribution in [1.82, 2.24) is 0 Å². The van der Waals surface area contributed by atoms with Crippen LogP contribution >= 0.6 is 0 Å². The first-order chi connectivity index (χ1) is 31.3. The average Bonchev–Trinajstić information content (AvgIpc) is 3.35. The van der Waals surface area contributed by atoms with E-state index >= 15 is 0 Å². The molecule has 8 rings (SSSR count). The van der Waals surface area contributed by atoms with Crippen LogP contribution in [-0.2, 0) is 0 Å². The minimum atomic E-state index is -0.0131. The zero-order valence-corrected chi connectivity index (χ0v) is 37.9. The first-order valence-electron chi connectivity index (χ1n) is 22.8. The molecule has 1 fully saturated rings. The quantitative estimate of drug-likeness (QED) is 0.101. The molecule has 0 atom stereocenters. The fraction of sp³-hybridized carbons (Fsp3) is 0.161. The van der Waals surface area contributed by atoms with Crippen molar-refractivity contribution < 1.29 is 0 Å². The molecule has 64 heavy (non-hydrogen) atoms. The molecule has 0 spiro atoms. The average molecular weight is 833 g/mol. The van der Waals surface area contributed by atoms with E-state index < -0.39 is 0 Å². The lowest BCUT2D eigenvalue weighted by Crippen LogP contribution is -2.47. The Morgan fingerprint density at radius 2 is 0.969 bits per heavy atom. The van der Waals surface area contributed by atoms with Crippen LogP contribution in [0.4, 0.5) is 22.7 Å². The van der Waals surface area contributed by atoms with Crippen molar-refractivity contribution in [3.8, 4) is 22.3 Å². The minimum Gasteiger partial charge on any atom is -0.340 e. The number of nitrogens with zero attached hydrogens (tertiary/aromatic N) is 2. The number of hydrogen-bond donors (Lipinski definition) is 0. The van der Waals surface area contributed by atoms with Crippen molar-refractivity contribution in [1.29, 1.82) is 0 Å². The Morgan fingerprint density at radius 1 is 0.516 bits per heavy atom. The highest BCUT2D eigenvalue weighted by Crippen LogP contribution is 2.45. The Labute approximate surface area is 382 Å². The van der Waals surface area contributed by atoms with E-state index in [9.17, 15) is 0 Å². The maximum Gasteiger partial charge on any atom is 0.0462 e. The lowest BCUT2D eigenvalue weighted by atomic mass is 9.74. The lowest BCUT2D eigenvalue weighted by Gasteiger charge is -2.48. The smallest absolute Gasteiger partial charge is 0.0462 e. The van der Waals surface area contributed by atoms with Crippen LogP contribution in [0.5, 0.6) is 0 Å². The van der Waals surface area contributed by atoms with E-state index in [4.69, 9.17) is 0 Å².